The van der Waals surface area contributed by atoms with Crippen LogP contribution >= 0.6 is 0 Å². The summed E-state index contributed by atoms with van der Waals surface area (Å²) in [7, 11) is 0. The normalized spacial score (nSPS) is 10.2. The third-order valence-electron chi connectivity index (χ3n) is 2.78. The second kappa shape index (κ2) is 5.54. The first kappa shape index (κ1) is 12.6. The molecule has 0 bridgehead atoms. The van der Waals surface area contributed by atoms with Gasteiger partial charge in [-0.05, 0) is 42.0 Å². The minimum Gasteiger partial charge on any atom is -0.410 e. The summed E-state index contributed by atoms with van der Waals surface area (Å²) in [5.41, 5.74) is 8.74. The Kier molecular flexibility index (Phi) is 4.35. The maximum Gasteiger partial charge on any atom is 0.409 e. The number of primary amides is 1. The number of rotatable bonds is 4. The van der Waals surface area contributed by atoms with Crippen LogP contribution in [0.25, 0.3) is 0 Å². The van der Waals surface area contributed by atoms with Crippen molar-refractivity contribution in [1.29, 1.82) is 0 Å². The first-order valence-corrected chi connectivity index (χ1v) is 5.74. The van der Waals surface area contributed by atoms with Gasteiger partial charge in [-0.1, -0.05) is 26.8 Å². The van der Waals surface area contributed by atoms with Gasteiger partial charge in [0.25, 0.3) is 0 Å². The molecule has 0 aliphatic heterocycles. The van der Waals surface area contributed by atoms with E-state index in [1.807, 2.05) is 12.1 Å². The zero-order valence-electron chi connectivity index (χ0n) is 10.2. The molecule has 1 rings (SSSR count). The molecule has 0 atom stereocenters. The second-order valence-corrected chi connectivity index (χ2v) is 3.66. The Morgan fingerprint density at radius 3 is 2.19 bits per heavy atom. The van der Waals surface area contributed by atoms with Crippen molar-refractivity contribution in [2.45, 2.75) is 40.0 Å². The number of hydrogen-bond acceptors (Lipinski definition) is 2. The monoisotopic (exact) mass is 221 g/mol. The Hall–Kier alpha value is -1.51. The average Bonchev–Trinajstić information content (AvgIpc) is 2.27. The molecule has 3 nitrogen and oxygen atoms in total. The van der Waals surface area contributed by atoms with Crippen LogP contribution in [-0.4, -0.2) is 6.09 Å². The van der Waals surface area contributed by atoms with Crippen LogP contribution in [0.3, 0.4) is 0 Å². The molecule has 0 unspecified atom stereocenters. The van der Waals surface area contributed by atoms with Gasteiger partial charge in [-0.2, -0.15) is 0 Å². The third kappa shape index (κ3) is 2.54. The first-order chi connectivity index (χ1) is 7.63. The number of hydrogen-bond donors (Lipinski definition) is 1. The van der Waals surface area contributed by atoms with E-state index in [9.17, 15) is 4.79 Å². The van der Waals surface area contributed by atoms with E-state index >= 15 is 0 Å². The maximum absolute atomic E-state index is 10.8. The van der Waals surface area contributed by atoms with Crippen molar-refractivity contribution in [3.05, 3.63) is 28.8 Å². The predicted octanol–water partition coefficient (Wildman–Crippen LogP) is 2.83. The van der Waals surface area contributed by atoms with Crippen LogP contribution in [-0.2, 0) is 19.3 Å². The van der Waals surface area contributed by atoms with Crippen molar-refractivity contribution >= 4 is 6.09 Å². The maximum atomic E-state index is 10.8. The largest absolute Gasteiger partial charge is 0.410 e. The lowest BCUT2D eigenvalue weighted by molar-refractivity contribution is 0.210. The van der Waals surface area contributed by atoms with Crippen molar-refractivity contribution in [3.8, 4) is 5.75 Å². The highest BCUT2D eigenvalue weighted by atomic mass is 16.5. The van der Waals surface area contributed by atoms with Gasteiger partial charge in [0.05, 0.1) is 0 Å². The molecule has 88 valence electrons. The van der Waals surface area contributed by atoms with Gasteiger partial charge in [-0.25, -0.2) is 4.79 Å². The molecule has 1 aromatic rings. The van der Waals surface area contributed by atoms with Gasteiger partial charge in [0.2, 0.25) is 0 Å². The van der Waals surface area contributed by atoms with Crippen molar-refractivity contribution in [1.82, 2.24) is 0 Å². The van der Waals surface area contributed by atoms with Crippen molar-refractivity contribution in [2.75, 3.05) is 0 Å². The summed E-state index contributed by atoms with van der Waals surface area (Å²) < 4.78 is 5.02. The molecule has 0 aliphatic rings. The molecule has 0 aromatic heterocycles. The van der Waals surface area contributed by atoms with Crippen LogP contribution in [0.2, 0.25) is 0 Å². The van der Waals surface area contributed by atoms with Crippen molar-refractivity contribution in [3.63, 3.8) is 0 Å². The fourth-order valence-corrected chi connectivity index (χ4v) is 2.08. The van der Waals surface area contributed by atoms with Crippen LogP contribution in [0.1, 0.15) is 37.5 Å². The molecule has 0 fully saturated rings. The highest BCUT2D eigenvalue weighted by molar-refractivity contribution is 5.69. The number of nitrogens with two attached hydrogens (primary N) is 1. The van der Waals surface area contributed by atoms with E-state index < -0.39 is 6.09 Å². The van der Waals surface area contributed by atoms with Crippen LogP contribution in [0.15, 0.2) is 12.1 Å². The molecule has 0 radical (unpaired) electrons. The van der Waals surface area contributed by atoms with E-state index in [0.29, 0.717) is 5.75 Å². The molecule has 0 spiro atoms. The van der Waals surface area contributed by atoms with Crippen LogP contribution < -0.4 is 10.5 Å². The number of amides is 1. The van der Waals surface area contributed by atoms with Crippen LogP contribution in [0, 0.1) is 0 Å². The Morgan fingerprint density at radius 2 is 1.75 bits per heavy atom. The SMILES string of the molecule is CCc1ccc(OC(N)=O)c(CC)c1CC. The number of ether oxygens (including phenoxy) is 1. The molecule has 16 heavy (non-hydrogen) atoms. The number of benzene rings is 1. The molecule has 3 heteroatoms. The Labute approximate surface area is 96.6 Å². The summed E-state index contributed by atoms with van der Waals surface area (Å²) in [6.07, 6.45) is 2.04. The molecule has 1 aromatic carbocycles. The van der Waals surface area contributed by atoms with Crippen molar-refractivity contribution in [2.24, 2.45) is 5.73 Å². The van der Waals surface area contributed by atoms with Gasteiger partial charge in [0.1, 0.15) is 5.75 Å². The first-order valence-electron chi connectivity index (χ1n) is 5.74. The van der Waals surface area contributed by atoms with E-state index in [4.69, 9.17) is 10.5 Å². The number of carbonyl (C=O) groups is 1. The quantitative estimate of drug-likeness (QED) is 0.850. The highest BCUT2D eigenvalue weighted by Crippen LogP contribution is 2.27. The van der Waals surface area contributed by atoms with Gasteiger partial charge >= 0.3 is 6.09 Å². The van der Waals surface area contributed by atoms with Gasteiger partial charge in [-0.15, -0.1) is 0 Å². The molecule has 0 aliphatic carbocycles. The zero-order valence-corrected chi connectivity index (χ0v) is 10.2. The summed E-state index contributed by atoms with van der Waals surface area (Å²) in [5, 5.41) is 0. The standard InChI is InChI=1S/C13H19NO2/c1-4-9-7-8-12(16-13(14)15)11(6-3)10(9)5-2/h7-8H,4-6H2,1-3H3,(H2,14,15). The average molecular weight is 221 g/mol. The lowest BCUT2D eigenvalue weighted by atomic mass is 9.95. The topological polar surface area (TPSA) is 52.3 Å². The number of carbonyl (C=O) groups excluding carboxylic acids is 1. The lowest BCUT2D eigenvalue weighted by Gasteiger charge is -2.15. The van der Waals surface area contributed by atoms with Gasteiger partial charge in [0.15, 0.2) is 0 Å². The van der Waals surface area contributed by atoms with Gasteiger partial charge in [0, 0.05) is 0 Å². The molecule has 0 saturated carbocycles. The fraction of sp³-hybridized carbons (Fsp3) is 0.462. The smallest absolute Gasteiger partial charge is 0.409 e. The highest BCUT2D eigenvalue weighted by Gasteiger charge is 2.12. The van der Waals surface area contributed by atoms with E-state index in [0.717, 1.165) is 24.8 Å². The second-order valence-electron chi connectivity index (χ2n) is 3.66. The molecule has 1 amide bonds. The molecular formula is C13H19NO2. The third-order valence-corrected chi connectivity index (χ3v) is 2.78. The molecule has 0 heterocycles. The van der Waals surface area contributed by atoms with E-state index in [1.165, 1.54) is 11.1 Å². The molecule has 0 saturated heterocycles. The zero-order chi connectivity index (χ0) is 12.1. The van der Waals surface area contributed by atoms with E-state index in [-0.39, 0.29) is 0 Å². The van der Waals surface area contributed by atoms with Gasteiger partial charge < -0.3 is 10.5 Å². The van der Waals surface area contributed by atoms with Gasteiger partial charge in [-0.3, -0.25) is 0 Å². The summed E-state index contributed by atoms with van der Waals surface area (Å²) in [6, 6.07) is 3.85. The van der Waals surface area contributed by atoms with Crippen molar-refractivity contribution < 1.29 is 9.53 Å². The number of aryl methyl sites for hydroxylation is 1. The summed E-state index contributed by atoms with van der Waals surface area (Å²) >= 11 is 0. The molecule has 2 N–H and O–H groups in total. The Balaban J connectivity index is 3.25. The predicted molar refractivity (Wildman–Crippen MR) is 64.8 cm³/mol. The minimum absolute atomic E-state index is 0.601. The minimum atomic E-state index is -0.749. The molecular weight excluding hydrogens is 202 g/mol. The van der Waals surface area contributed by atoms with E-state index in [2.05, 4.69) is 20.8 Å². The summed E-state index contributed by atoms with van der Waals surface area (Å²) in [4.78, 5) is 10.8. The Bertz CT molecular complexity index is 386. The lowest BCUT2D eigenvalue weighted by Crippen LogP contribution is -2.17. The Morgan fingerprint density at radius 1 is 1.12 bits per heavy atom. The summed E-state index contributed by atoms with van der Waals surface area (Å²) in [5.74, 6) is 0.601. The van der Waals surface area contributed by atoms with Crippen LogP contribution in [0.5, 0.6) is 5.75 Å². The van der Waals surface area contributed by atoms with Crippen LogP contribution in [0.4, 0.5) is 4.79 Å². The summed E-state index contributed by atoms with van der Waals surface area (Å²) in [6.45, 7) is 6.30. The fourth-order valence-electron chi connectivity index (χ4n) is 2.08. The van der Waals surface area contributed by atoms with E-state index in [1.54, 1.807) is 0 Å².